The Morgan fingerprint density at radius 3 is 2.73 bits per heavy atom. The lowest BCUT2D eigenvalue weighted by Crippen LogP contribution is -2.31. The number of nitrogens with one attached hydrogen (secondary N) is 1. The number of carbonyl (C=O) groups excluding carboxylic acids is 1. The Morgan fingerprint density at radius 2 is 2.00 bits per heavy atom. The number of thioether (sulfide) groups is 1. The fraction of sp³-hybridized carbons (Fsp3) is 0.235. The highest BCUT2D eigenvalue weighted by Gasteiger charge is 2.10. The minimum absolute atomic E-state index is 0.212. The molecule has 1 aromatic carbocycles. The van der Waals surface area contributed by atoms with Gasteiger partial charge >= 0.3 is 0 Å². The minimum Gasteiger partial charge on any atom is -0.350 e. The van der Waals surface area contributed by atoms with Crippen molar-refractivity contribution in [3.05, 3.63) is 70.4 Å². The largest absolute Gasteiger partial charge is 0.350 e. The molecule has 0 unspecified atom stereocenters. The molecule has 0 aliphatic heterocycles. The summed E-state index contributed by atoms with van der Waals surface area (Å²) >= 11 is 1.50. The number of rotatable bonds is 7. The van der Waals surface area contributed by atoms with E-state index in [9.17, 15) is 9.59 Å². The van der Waals surface area contributed by atoms with Gasteiger partial charge in [-0.1, -0.05) is 42.1 Å². The molecule has 9 heteroatoms. The third-order valence-corrected chi connectivity index (χ3v) is 4.60. The summed E-state index contributed by atoms with van der Waals surface area (Å²) in [6.07, 6.45) is 1.63. The van der Waals surface area contributed by atoms with Crippen LogP contribution < -0.4 is 10.9 Å². The van der Waals surface area contributed by atoms with E-state index in [4.69, 9.17) is 0 Å². The summed E-state index contributed by atoms with van der Waals surface area (Å²) in [5, 5.41) is 15.5. The van der Waals surface area contributed by atoms with Crippen LogP contribution in [0, 0.1) is 0 Å². The lowest BCUT2D eigenvalue weighted by atomic mass is 10.2. The molecule has 0 bridgehead atoms. The maximum absolute atomic E-state index is 12.3. The van der Waals surface area contributed by atoms with Gasteiger partial charge in [-0.25, -0.2) is 4.68 Å². The van der Waals surface area contributed by atoms with Crippen LogP contribution in [0.1, 0.15) is 16.1 Å². The zero-order valence-electron chi connectivity index (χ0n) is 14.2. The molecule has 3 aromatic rings. The van der Waals surface area contributed by atoms with Crippen molar-refractivity contribution in [3.63, 3.8) is 0 Å². The van der Waals surface area contributed by atoms with Crippen LogP contribution in [0.15, 0.2) is 58.7 Å². The summed E-state index contributed by atoms with van der Waals surface area (Å²) in [6, 6.07) is 12.3. The van der Waals surface area contributed by atoms with Crippen molar-refractivity contribution < 1.29 is 4.79 Å². The van der Waals surface area contributed by atoms with Gasteiger partial charge in [0, 0.05) is 25.4 Å². The number of benzene rings is 1. The summed E-state index contributed by atoms with van der Waals surface area (Å²) in [5.74, 6) is 0.340. The van der Waals surface area contributed by atoms with E-state index in [1.807, 2.05) is 41.9 Å². The SMILES string of the molecule is Cn1cnnc1SCCNC(=O)c1ccc(=O)n(Cc2ccccc2)n1. The molecule has 2 heterocycles. The summed E-state index contributed by atoms with van der Waals surface area (Å²) in [4.78, 5) is 24.2. The third-order valence-electron chi connectivity index (χ3n) is 3.56. The van der Waals surface area contributed by atoms with E-state index in [-0.39, 0.29) is 17.2 Å². The van der Waals surface area contributed by atoms with Gasteiger partial charge < -0.3 is 9.88 Å². The fourth-order valence-electron chi connectivity index (χ4n) is 2.24. The molecule has 2 aromatic heterocycles. The van der Waals surface area contributed by atoms with Crippen molar-refractivity contribution in [3.8, 4) is 0 Å². The van der Waals surface area contributed by atoms with E-state index in [1.54, 1.807) is 6.33 Å². The first kappa shape index (κ1) is 17.9. The first-order chi connectivity index (χ1) is 12.6. The maximum atomic E-state index is 12.3. The van der Waals surface area contributed by atoms with Gasteiger partial charge in [-0.15, -0.1) is 10.2 Å². The zero-order valence-corrected chi connectivity index (χ0v) is 15.0. The molecule has 0 aliphatic rings. The fourth-order valence-corrected chi connectivity index (χ4v) is 2.98. The van der Waals surface area contributed by atoms with E-state index in [0.717, 1.165) is 10.7 Å². The van der Waals surface area contributed by atoms with Crippen molar-refractivity contribution >= 4 is 17.7 Å². The Hall–Kier alpha value is -2.94. The van der Waals surface area contributed by atoms with Gasteiger partial charge in [0.15, 0.2) is 5.16 Å². The maximum Gasteiger partial charge on any atom is 0.271 e. The molecule has 0 saturated carbocycles. The molecule has 134 valence electrons. The number of amides is 1. The molecule has 1 amide bonds. The second-order valence-corrected chi connectivity index (χ2v) is 6.59. The standard InChI is InChI=1S/C17H18N6O2S/c1-22-12-19-20-17(22)26-10-9-18-16(25)14-7-8-15(24)23(21-14)11-13-5-3-2-4-6-13/h2-8,12H,9-11H2,1H3,(H,18,25). The first-order valence-electron chi connectivity index (χ1n) is 8.00. The molecule has 0 saturated heterocycles. The predicted molar refractivity (Wildman–Crippen MR) is 98.1 cm³/mol. The van der Waals surface area contributed by atoms with Crippen LogP contribution in [0.3, 0.4) is 0 Å². The van der Waals surface area contributed by atoms with Crippen LogP contribution in [0.25, 0.3) is 0 Å². The van der Waals surface area contributed by atoms with Crippen molar-refractivity contribution in [2.24, 2.45) is 7.05 Å². The van der Waals surface area contributed by atoms with Gasteiger partial charge in [-0.3, -0.25) is 9.59 Å². The van der Waals surface area contributed by atoms with Crippen molar-refractivity contribution in [1.82, 2.24) is 29.9 Å². The van der Waals surface area contributed by atoms with Crippen LogP contribution in [0.2, 0.25) is 0 Å². The summed E-state index contributed by atoms with van der Waals surface area (Å²) in [7, 11) is 1.86. The summed E-state index contributed by atoms with van der Waals surface area (Å²) < 4.78 is 3.10. The summed E-state index contributed by atoms with van der Waals surface area (Å²) in [6.45, 7) is 0.776. The molecule has 8 nitrogen and oxygen atoms in total. The minimum atomic E-state index is -0.314. The molecular weight excluding hydrogens is 352 g/mol. The third kappa shape index (κ3) is 4.57. The molecule has 1 N–H and O–H groups in total. The molecule has 0 radical (unpaired) electrons. The number of aromatic nitrogens is 5. The van der Waals surface area contributed by atoms with Crippen LogP contribution in [-0.4, -0.2) is 42.7 Å². The second-order valence-electron chi connectivity index (χ2n) is 5.53. The van der Waals surface area contributed by atoms with Gasteiger partial charge in [0.1, 0.15) is 12.0 Å². The Morgan fingerprint density at radius 1 is 1.19 bits per heavy atom. The lowest BCUT2D eigenvalue weighted by molar-refractivity contribution is 0.0948. The molecule has 3 rings (SSSR count). The smallest absolute Gasteiger partial charge is 0.271 e. The molecule has 26 heavy (non-hydrogen) atoms. The number of aryl methyl sites for hydroxylation is 1. The monoisotopic (exact) mass is 370 g/mol. The molecular formula is C17H18N6O2S. The average Bonchev–Trinajstić information content (AvgIpc) is 3.06. The van der Waals surface area contributed by atoms with E-state index < -0.39 is 0 Å². The van der Waals surface area contributed by atoms with Crippen LogP contribution in [0.5, 0.6) is 0 Å². The van der Waals surface area contributed by atoms with E-state index in [0.29, 0.717) is 18.8 Å². The Bertz CT molecular complexity index is 938. The van der Waals surface area contributed by atoms with Gasteiger partial charge in [0.25, 0.3) is 11.5 Å². The Kier molecular flexibility index (Phi) is 5.80. The number of hydrogen-bond donors (Lipinski definition) is 1. The normalized spacial score (nSPS) is 10.7. The lowest BCUT2D eigenvalue weighted by Gasteiger charge is -2.08. The van der Waals surface area contributed by atoms with Crippen molar-refractivity contribution in [2.75, 3.05) is 12.3 Å². The van der Waals surface area contributed by atoms with Crippen LogP contribution in [0.4, 0.5) is 0 Å². The summed E-state index contributed by atoms with van der Waals surface area (Å²) in [5.41, 5.74) is 0.909. The predicted octanol–water partition coefficient (Wildman–Crippen LogP) is 0.942. The molecule has 0 spiro atoms. The highest BCUT2D eigenvalue weighted by atomic mass is 32.2. The van der Waals surface area contributed by atoms with Crippen LogP contribution in [-0.2, 0) is 13.6 Å². The average molecular weight is 370 g/mol. The molecule has 0 fully saturated rings. The van der Waals surface area contributed by atoms with Crippen LogP contribution >= 0.6 is 11.8 Å². The second kappa shape index (κ2) is 8.43. The topological polar surface area (TPSA) is 94.7 Å². The van der Waals surface area contributed by atoms with Gasteiger partial charge in [0.2, 0.25) is 0 Å². The Labute approximate surface area is 154 Å². The van der Waals surface area contributed by atoms with Crippen molar-refractivity contribution in [2.45, 2.75) is 11.7 Å². The van der Waals surface area contributed by atoms with Crippen molar-refractivity contribution in [1.29, 1.82) is 0 Å². The Balaban J connectivity index is 1.58. The highest BCUT2D eigenvalue weighted by molar-refractivity contribution is 7.99. The quantitative estimate of drug-likeness (QED) is 0.491. The highest BCUT2D eigenvalue weighted by Crippen LogP contribution is 2.11. The van der Waals surface area contributed by atoms with E-state index in [1.165, 1.54) is 28.6 Å². The first-order valence-corrected chi connectivity index (χ1v) is 8.99. The van der Waals surface area contributed by atoms with E-state index in [2.05, 4.69) is 20.6 Å². The van der Waals surface area contributed by atoms with Gasteiger partial charge in [-0.2, -0.15) is 5.10 Å². The van der Waals surface area contributed by atoms with Gasteiger partial charge in [-0.05, 0) is 11.6 Å². The molecule has 0 atom stereocenters. The van der Waals surface area contributed by atoms with E-state index >= 15 is 0 Å². The zero-order chi connectivity index (χ0) is 18.4. The number of hydrogen-bond acceptors (Lipinski definition) is 6. The number of carbonyl (C=O) groups is 1. The van der Waals surface area contributed by atoms with Gasteiger partial charge in [0.05, 0.1) is 6.54 Å². The number of nitrogens with zero attached hydrogens (tertiary/aromatic N) is 5. The molecule has 0 aliphatic carbocycles.